The minimum Gasteiger partial charge on any atom is -0.456 e. The van der Waals surface area contributed by atoms with Crippen molar-refractivity contribution in [1.29, 1.82) is 0 Å². The molecular formula is C37H20N2O2S. The first-order valence-electron chi connectivity index (χ1n) is 14.0. The molecule has 10 rings (SSSR count). The number of rotatable bonds is 2. The number of aromatic nitrogens is 2. The Hall–Kier alpha value is -5.39. The summed E-state index contributed by atoms with van der Waals surface area (Å²) in [6.45, 7) is 0. The van der Waals surface area contributed by atoms with Gasteiger partial charge in [0, 0.05) is 36.3 Å². The SMILES string of the molecule is c1ccc(-c2ccc3oc4ccc5nc(-n6c7ccccc7c7c8c(ccc76)sc6ccccc68)oc5c4c3c2)cc1. The third kappa shape index (κ3) is 2.93. The summed E-state index contributed by atoms with van der Waals surface area (Å²) in [7, 11) is 0. The van der Waals surface area contributed by atoms with E-state index >= 15 is 0 Å². The average Bonchev–Trinajstić information content (AvgIpc) is 3.80. The molecule has 0 N–H and O–H groups in total. The highest BCUT2D eigenvalue weighted by molar-refractivity contribution is 7.26. The van der Waals surface area contributed by atoms with Gasteiger partial charge in [0.15, 0.2) is 5.58 Å². The van der Waals surface area contributed by atoms with Crippen LogP contribution in [0.3, 0.4) is 0 Å². The molecule has 0 fully saturated rings. The van der Waals surface area contributed by atoms with Gasteiger partial charge in [0.1, 0.15) is 16.7 Å². The van der Waals surface area contributed by atoms with Gasteiger partial charge in [0.05, 0.1) is 16.4 Å². The Balaban J connectivity index is 1.29. The van der Waals surface area contributed by atoms with Crippen LogP contribution in [0.15, 0.2) is 130 Å². The number of oxazole rings is 1. The molecule has 0 aliphatic carbocycles. The zero-order valence-corrected chi connectivity index (χ0v) is 23.0. The molecule has 0 amide bonds. The summed E-state index contributed by atoms with van der Waals surface area (Å²) in [6, 6.07) is 42.9. The van der Waals surface area contributed by atoms with Gasteiger partial charge >= 0.3 is 6.01 Å². The van der Waals surface area contributed by atoms with Gasteiger partial charge in [-0.3, -0.25) is 4.57 Å². The minimum absolute atomic E-state index is 0.552. The van der Waals surface area contributed by atoms with Gasteiger partial charge in [-0.2, -0.15) is 4.98 Å². The molecule has 0 saturated carbocycles. The number of para-hydroxylation sites is 1. The Kier molecular flexibility index (Phi) is 4.30. The molecule has 5 heteroatoms. The van der Waals surface area contributed by atoms with Crippen LogP contribution in [-0.2, 0) is 0 Å². The van der Waals surface area contributed by atoms with Gasteiger partial charge in [-0.25, -0.2) is 0 Å². The molecule has 0 aliphatic heterocycles. The number of thiophene rings is 1. The second kappa shape index (κ2) is 8.09. The molecule has 6 aromatic carbocycles. The summed E-state index contributed by atoms with van der Waals surface area (Å²) in [5.41, 5.74) is 7.62. The van der Waals surface area contributed by atoms with Crippen LogP contribution in [0.4, 0.5) is 0 Å². The van der Waals surface area contributed by atoms with Crippen molar-refractivity contribution in [2.45, 2.75) is 0 Å². The van der Waals surface area contributed by atoms with E-state index in [1.807, 2.05) is 35.6 Å². The maximum atomic E-state index is 6.73. The van der Waals surface area contributed by atoms with Crippen molar-refractivity contribution in [3.8, 4) is 17.1 Å². The molecule has 0 atom stereocenters. The van der Waals surface area contributed by atoms with Crippen LogP contribution in [0, 0.1) is 0 Å². The molecule has 0 saturated heterocycles. The van der Waals surface area contributed by atoms with Crippen molar-refractivity contribution in [2.24, 2.45) is 0 Å². The quantitative estimate of drug-likeness (QED) is 0.213. The first kappa shape index (κ1) is 22.3. The third-order valence-electron chi connectivity index (χ3n) is 8.45. The zero-order valence-electron chi connectivity index (χ0n) is 22.2. The molecule has 0 spiro atoms. The second-order valence-corrected chi connectivity index (χ2v) is 11.8. The van der Waals surface area contributed by atoms with Gasteiger partial charge in [-0.05, 0) is 59.7 Å². The lowest BCUT2D eigenvalue weighted by atomic mass is 10.0. The minimum atomic E-state index is 0.552. The number of nitrogens with zero attached hydrogens (tertiary/aromatic N) is 2. The molecule has 0 unspecified atom stereocenters. The molecule has 0 radical (unpaired) electrons. The summed E-state index contributed by atoms with van der Waals surface area (Å²) in [6.07, 6.45) is 0. The molecular weight excluding hydrogens is 536 g/mol. The smallest absolute Gasteiger partial charge is 0.307 e. The van der Waals surface area contributed by atoms with E-state index in [1.54, 1.807) is 0 Å². The van der Waals surface area contributed by atoms with Gasteiger partial charge in [-0.1, -0.05) is 72.8 Å². The lowest BCUT2D eigenvalue weighted by Gasteiger charge is -2.02. The van der Waals surface area contributed by atoms with Crippen molar-refractivity contribution in [3.05, 3.63) is 121 Å². The van der Waals surface area contributed by atoms with Crippen LogP contribution in [0.25, 0.3) is 92.2 Å². The number of benzene rings is 6. The Bertz CT molecular complexity index is 2690. The summed E-state index contributed by atoms with van der Waals surface area (Å²) in [5.74, 6) is 0. The number of furan rings is 1. The van der Waals surface area contributed by atoms with E-state index in [0.29, 0.717) is 6.01 Å². The maximum absolute atomic E-state index is 6.73. The number of hydrogen-bond acceptors (Lipinski definition) is 4. The van der Waals surface area contributed by atoms with Crippen LogP contribution in [0.1, 0.15) is 0 Å². The van der Waals surface area contributed by atoms with E-state index in [1.165, 1.54) is 30.9 Å². The van der Waals surface area contributed by atoms with Crippen molar-refractivity contribution >= 4 is 86.4 Å². The van der Waals surface area contributed by atoms with E-state index in [9.17, 15) is 0 Å². The van der Waals surface area contributed by atoms with Gasteiger partial charge in [-0.15, -0.1) is 11.3 Å². The van der Waals surface area contributed by atoms with Gasteiger partial charge < -0.3 is 8.83 Å². The van der Waals surface area contributed by atoms with Crippen LogP contribution in [0.5, 0.6) is 0 Å². The summed E-state index contributed by atoms with van der Waals surface area (Å²) in [4.78, 5) is 5.06. The molecule has 4 aromatic heterocycles. The Morgan fingerprint density at radius 2 is 1.33 bits per heavy atom. The first-order chi connectivity index (χ1) is 20.8. The van der Waals surface area contributed by atoms with Crippen LogP contribution >= 0.6 is 11.3 Å². The fourth-order valence-corrected chi connectivity index (χ4v) is 7.74. The Morgan fingerprint density at radius 3 is 2.26 bits per heavy atom. The predicted molar refractivity (Wildman–Crippen MR) is 174 cm³/mol. The van der Waals surface area contributed by atoms with Crippen LogP contribution < -0.4 is 0 Å². The lowest BCUT2D eigenvalue weighted by Crippen LogP contribution is -1.93. The van der Waals surface area contributed by atoms with Gasteiger partial charge in [0.25, 0.3) is 0 Å². The van der Waals surface area contributed by atoms with Crippen molar-refractivity contribution in [1.82, 2.24) is 9.55 Å². The first-order valence-corrected chi connectivity index (χ1v) is 14.8. The highest BCUT2D eigenvalue weighted by Gasteiger charge is 2.22. The fourth-order valence-electron chi connectivity index (χ4n) is 6.62. The Labute approximate surface area is 242 Å². The molecule has 4 heterocycles. The average molecular weight is 557 g/mol. The molecule has 10 aromatic rings. The molecule has 42 heavy (non-hydrogen) atoms. The van der Waals surface area contributed by atoms with E-state index < -0.39 is 0 Å². The normalized spacial score (nSPS) is 12.3. The van der Waals surface area contributed by atoms with Crippen molar-refractivity contribution < 1.29 is 8.83 Å². The lowest BCUT2D eigenvalue weighted by molar-refractivity contribution is 0.577. The van der Waals surface area contributed by atoms with Crippen LogP contribution in [-0.4, -0.2) is 9.55 Å². The maximum Gasteiger partial charge on any atom is 0.307 e. The molecule has 4 nitrogen and oxygen atoms in total. The monoisotopic (exact) mass is 556 g/mol. The molecule has 0 bridgehead atoms. The summed E-state index contributed by atoms with van der Waals surface area (Å²) >= 11 is 1.84. The number of fused-ring (bicyclic) bond motifs is 12. The highest BCUT2D eigenvalue weighted by Crippen LogP contribution is 2.44. The molecule has 0 aliphatic rings. The number of hydrogen-bond donors (Lipinski definition) is 0. The second-order valence-electron chi connectivity index (χ2n) is 10.7. The van der Waals surface area contributed by atoms with E-state index in [0.717, 1.165) is 55.2 Å². The van der Waals surface area contributed by atoms with Crippen molar-refractivity contribution in [3.63, 3.8) is 0 Å². The Morgan fingerprint density at radius 1 is 0.524 bits per heavy atom. The third-order valence-corrected chi connectivity index (χ3v) is 9.59. The molecule has 196 valence electrons. The topological polar surface area (TPSA) is 44.1 Å². The standard InChI is InChI=1S/C37H20N2O2S/c1-2-8-21(9-3-1)22-14-17-29-25(20-22)34-30(40-29)18-15-26-36(34)41-37(38-26)39-27-12-6-4-10-23(27)33-28(39)16-19-32-35(33)24-11-5-7-13-31(24)42-32/h1-20H. The predicted octanol–water partition coefficient (Wildman–Crippen LogP) is 10.9. The van der Waals surface area contributed by atoms with E-state index in [2.05, 4.69) is 102 Å². The van der Waals surface area contributed by atoms with Crippen LogP contribution in [0.2, 0.25) is 0 Å². The van der Waals surface area contributed by atoms with E-state index in [-0.39, 0.29) is 0 Å². The van der Waals surface area contributed by atoms with Gasteiger partial charge in [0.2, 0.25) is 0 Å². The zero-order chi connectivity index (χ0) is 27.4. The van der Waals surface area contributed by atoms with Crippen molar-refractivity contribution in [2.75, 3.05) is 0 Å². The fraction of sp³-hybridized carbons (Fsp3) is 0. The summed E-state index contributed by atoms with van der Waals surface area (Å²) < 4.78 is 17.8. The largest absolute Gasteiger partial charge is 0.456 e. The summed E-state index contributed by atoms with van der Waals surface area (Å²) in [5, 5.41) is 6.96. The highest BCUT2D eigenvalue weighted by atomic mass is 32.1. The van der Waals surface area contributed by atoms with E-state index in [4.69, 9.17) is 13.8 Å².